The zero-order valence-electron chi connectivity index (χ0n) is 18.2. The van der Waals surface area contributed by atoms with Gasteiger partial charge in [-0.2, -0.15) is 0 Å². The molecule has 1 unspecified atom stereocenters. The third-order valence-corrected chi connectivity index (χ3v) is 6.06. The van der Waals surface area contributed by atoms with Gasteiger partial charge in [0.25, 0.3) is 0 Å². The van der Waals surface area contributed by atoms with Gasteiger partial charge < -0.3 is 24.4 Å². The van der Waals surface area contributed by atoms with Gasteiger partial charge in [-0.25, -0.2) is 0 Å². The summed E-state index contributed by atoms with van der Waals surface area (Å²) in [5.41, 5.74) is 0.545. The lowest BCUT2D eigenvalue weighted by Crippen LogP contribution is -2.53. The Morgan fingerprint density at radius 2 is 1.97 bits per heavy atom. The van der Waals surface area contributed by atoms with Crippen molar-refractivity contribution in [1.82, 2.24) is 10.2 Å². The summed E-state index contributed by atoms with van der Waals surface area (Å²) in [7, 11) is 1.66. The number of carbonyl (C=O) groups excluding carboxylic acids is 2. The first kappa shape index (κ1) is 22.6. The molecular weight excluding hydrogens is 384 g/mol. The Bertz CT molecular complexity index is 702. The van der Waals surface area contributed by atoms with Crippen LogP contribution in [0, 0.1) is 5.92 Å². The minimum atomic E-state index is -0.417. The van der Waals surface area contributed by atoms with Crippen LogP contribution in [0.15, 0.2) is 24.3 Å². The molecule has 7 nitrogen and oxygen atoms in total. The van der Waals surface area contributed by atoms with Crippen molar-refractivity contribution >= 4 is 11.8 Å². The van der Waals surface area contributed by atoms with Gasteiger partial charge in [-0.1, -0.05) is 12.1 Å². The first-order valence-electron chi connectivity index (χ1n) is 10.9. The number of rotatable bonds is 9. The summed E-state index contributed by atoms with van der Waals surface area (Å²) in [5.74, 6) is 0.963. The average molecular weight is 419 g/mol. The molecular formula is C23H34N2O5. The van der Waals surface area contributed by atoms with E-state index in [9.17, 15) is 9.59 Å². The van der Waals surface area contributed by atoms with Crippen molar-refractivity contribution in [1.29, 1.82) is 0 Å². The molecule has 7 heteroatoms. The van der Waals surface area contributed by atoms with Crippen molar-refractivity contribution in [2.75, 3.05) is 46.6 Å². The molecule has 2 aliphatic rings. The van der Waals surface area contributed by atoms with Crippen molar-refractivity contribution in [3.05, 3.63) is 29.8 Å². The lowest BCUT2D eigenvalue weighted by Gasteiger charge is -2.33. The van der Waals surface area contributed by atoms with Gasteiger partial charge in [0.2, 0.25) is 11.8 Å². The van der Waals surface area contributed by atoms with Crippen LogP contribution in [0.5, 0.6) is 5.75 Å². The molecule has 2 aliphatic heterocycles. The molecule has 1 aromatic rings. The standard InChI is InChI=1S/C23H34N2O5/c1-3-30-20-6-4-18(5-7-20)16-21(26)25-12-10-23(17-25,11-15-28-2)24-22(27)19-8-13-29-14-9-19/h4-7,19H,3,8-17H2,1-2H3,(H,24,27). The van der Waals surface area contributed by atoms with Crippen molar-refractivity contribution in [2.24, 2.45) is 5.92 Å². The minimum absolute atomic E-state index is 0.00762. The number of nitrogens with one attached hydrogen (secondary N) is 1. The molecule has 3 rings (SSSR count). The number of benzene rings is 1. The second kappa shape index (κ2) is 10.8. The molecule has 30 heavy (non-hydrogen) atoms. The lowest BCUT2D eigenvalue weighted by atomic mass is 9.91. The number of hydrogen-bond donors (Lipinski definition) is 1. The maximum Gasteiger partial charge on any atom is 0.227 e. The van der Waals surface area contributed by atoms with E-state index in [-0.39, 0.29) is 17.7 Å². The van der Waals surface area contributed by atoms with E-state index < -0.39 is 5.54 Å². The third-order valence-electron chi connectivity index (χ3n) is 6.06. The van der Waals surface area contributed by atoms with Crippen LogP contribution in [-0.4, -0.2) is 68.9 Å². The van der Waals surface area contributed by atoms with Gasteiger partial charge in [0.15, 0.2) is 0 Å². The minimum Gasteiger partial charge on any atom is -0.494 e. The van der Waals surface area contributed by atoms with Gasteiger partial charge in [-0.15, -0.1) is 0 Å². The highest BCUT2D eigenvalue weighted by Gasteiger charge is 2.41. The Labute approximate surface area is 179 Å². The van der Waals surface area contributed by atoms with E-state index in [2.05, 4.69) is 5.32 Å². The lowest BCUT2D eigenvalue weighted by molar-refractivity contribution is -0.132. The van der Waals surface area contributed by atoms with E-state index in [0.717, 1.165) is 30.6 Å². The molecule has 2 saturated heterocycles. The van der Waals surface area contributed by atoms with Crippen molar-refractivity contribution in [3.8, 4) is 5.75 Å². The van der Waals surface area contributed by atoms with E-state index in [1.54, 1.807) is 7.11 Å². The number of amides is 2. The van der Waals surface area contributed by atoms with Gasteiger partial charge in [0, 0.05) is 45.9 Å². The van der Waals surface area contributed by atoms with Crippen LogP contribution < -0.4 is 10.1 Å². The van der Waals surface area contributed by atoms with Crippen molar-refractivity contribution < 1.29 is 23.8 Å². The second-order valence-corrected chi connectivity index (χ2v) is 8.22. The van der Waals surface area contributed by atoms with Crippen LogP contribution in [0.4, 0.5) is 0 Å². The molecule has 1 atom stereocenters. The summed E-state index contributed by atoms with van der Waals surface area (Å²) >= 11 is 0. The average Bonchev–Trinajstić information content (AvgIpc) is 3.19. The Hall–Kier alpha value is -2.12. The Kier molecular flexibility index (Phi) is 8.10. The normalized spacial score (nSPS) is 22.1. The van der Waals surface area contributed by atoms with E-state index in [1.165, 1.54) is 0 Å². The molecule has 2 fully saturated rings. The van der Waals surface area contributed by atoms with Crippen molar-refractivity contribution in [2.45, 2.75) is 44.6 Å². The highest BCUT2D eigenvalue weighted by atomic mass is 16.5. The first-order valence-corrected chi connectivity index (χ1v) is 10.9. The fourth-order valence-electron chi connectivity index (χ4n) is 4.23. The highest BCUT2D eigenvalue weighted by Crippen LogP contribution is 2.27. The van der Waals surface area contributed by atoms with Gasteiger partial charge in [-0.3, -0.25) is 9.59 Å². The van der Waals surface area contributed by atoms with Crippen LogP contribution in [0.1, 0.15) is 38.2 Å². The molecule has 2 heterocycles. The molecule has 1 aromatic carbocycles. The second-order valence-electron chi connectivity index (χ2n) is 8.22. The molecule has 2 amide bonds. The summed E-state index contributed by atoms with van der Waals surface area (Å²) in [6.45, 7) is 5.56. The number of methoxy groups -OCH3 is 1. The fraction of sp³-hybridized carbons (Fsp3) is 0.652. The highest BCUT2D eigenvalue weighted by molar-refractivity contribution is 5.81. The monoisotopic (exact) mass is 418 g/mol. The molecule has 166 valence electrons. The molecule has 0 bridgehead atoms. The molecule has 1 N–H and O–H groups in total. The number of carbonyl (C=O) groups is 2. The van der Waals surface area contributed by atoms with E-state index in [4.69, 9.17) is 14.2 Å². The van der Waals surface area contributed by atoms with Crippen LogP contribution in [0.2, 0.25) is 0 Å². The Morgan fingerprint density at radius 1 is 1.23 bits per heavy atom. The van der Waals surface area contributed by atoms with E-state index in [0.29, 0.717) is 52.4 Å². The van der Waals surface area contributed by atoms with E-state index in [1.807, 2.05) is 36.1 Å². The van der Waals surface area contributed by atoms with Crippen LogP contribution >= 0.6 is 0 Å². The summed E-state index contributed by atoms with van der Waals surface area (Å²) in [4.78, 5) is 27.6. The zero-order valence-corrected chi connectivity index (χ0v) is 18.2. The van der Waals surface area contributed by atoms with Crippen molar-refractivity contribution in [3.63, 3.8) is 0 Å². The predicted molar refractivity (Wildman–Crippen MR) is 113 cm³/mol. The molecule has 0 aromatic heterocycles. The molecule has 0 aliphatic carbocycles. The fourth-order valence-corrected chi connectivity index (χ4v) is 4.23. The van der Waals surface area contributed by atoms with Gasteiger partial charge in [0.05, 0.1) is 18.6 Å². The van der Waals surface area contributed by atoms with Crippen LogP contribution in [-0.2, 0) is 25.5 Å². The summed E-state index contributed by atoms with van der Waals surface area (Å²) in [6.07, 6.45) is 3.31. The third kappa shape index (κ3) is 5.95. The zero-order chi connectivity index (χ0) is 21.4. The number of nitrogens with zero attached hydrogens (tertiary/aromatic N) is 1. The number of likely N-dealkylation sites (tertiary alicyclic amines) is 1. The number of ether oxygens (including phenoxy) is 3. The first-order chi connectivity index (χ1) is 14.5. The largest absolute Gasteiger partial charge is 0.494 e. The molecule has 0 spiro atoms. The van der Waals surface area contributed by atoms with Gasteiger partial charge in [0.1, 0.15) is 5.75 Å². The summed E-state index contributed by atoms with van der Waals surface area (Å²) < 4.78 is 16.1. The van der Waals surface area contributed by atoms with E-state index >= 15 is 0 Å². The quantitative estimate of drug-likeness (QED) is 0.665. The topological polar surface area (TPSA) is 77.1 Å². The van der Waals surface area contributed by atoms with Gasteiger partial charge >= 0.3 is 0 Å². The Balaban J connectivity index is 1.60. The van der Waals surface area contributed by atoms with Crippen LogP contribution in [0.3, 0.4) is 0 Å². The maximum atomic E-state index is 12.9. The molecule has 0 saturated carbocycles. The Morgan fingerprint density at radius 3 is 2.63 bits per heavy atom. The predicted octanol–water partition coefficient (Wildman–Crippen LogP) is 2.18. The SMILES string of the molecule is CCOc1ccc(CC(=O)N2CCC(CCOC)(NC(=O)C3CCOCC3)C2)cc1. The number of hydrogen-bond acceptors (Lipinski definition) is 5. The van der Waals surface area contributed by atoms with Gasteiger partial charge in [-0.05, 0) is 50.3 Å². The van der Waals surface area contributed by atoms with Crippen LogP contribution in [0.25, 0.3) is 0 Å². The molecule has 0 radical (unpaired) electrons. The maximum absolute atomic E-state index is 12.9. The summed E-state index contributed by atoms with van der Waals surface area (Å²) in [5, 5.41) is 3.28. The smallest absolute Gasteiger partial charge is 0.227 e. The summed E-state index contributed by atoms with van der Waals surface area (Å²) in [6, 6.07) is 7.66.